The van der Waals surface area contributed by atoms with Gasteiger partial charge in [-0.05, 0) is 12.8 Å². The van der Waals surface area contributed by atoms with E-state index in [1.165, 1.54) is 0 Å². The van der Waals surface area contributed by atoms with Crippen LogP contribution in [0.2, 0.25) is 0 Å². The van der Waals surface area contributed by atoms with Crippen molar-refractivity contribution in [2.24, 2.45) is 0 Å². The second kappa shape index (κ2) is 5.41. The third-order valence-corrected chi connectivity index (χ3v) is 1.15. The van der Waals surface area contributed by atoms with E-state index in [0.717, 1.165) is 0 Å². The highest BCUT2D eigenvalue weighted by Crippen LogP contribution is 1.96. The van der Waals surface area contributed by atoms with Crippen molar-refractivity contribution in [3.05, 3.63) is 0 Å². The molecule has 0 amide bonds. The Hall–Kier alpha value is 0.270. The summed E-state index contributed by atoms with van der Waals surface area (Å²) in [4.78, 5) is 0. The molecule has 0 fully saturated rings. The fourth-order valence-electron chi connectivity index (χ4n) is 0.429. The van der Waals surface area contributed by atoms with Gasteiger partial charge in [0.2, 0.25) is 0 Å². The van der Waals surface area contributed by atoms with E-state index >= 15 is 0 Å². The molecule has 1 radical (unpaired) electrons. The summed E-state index contributed by atoms with van der Waals surface area (Å²) in [6, 6.07) is 0. The first kappa shape index (κ1) is 8.27. The van der Waals surface area contributed by atoms with Gasteiger partial charge in [0.15, 0.2) is 0 Å². The molecule has 0 aliphatic carbocycles. The van der Waals surface area contributed by atoms with Crippen LogP contribution >= 0.6 is 12.6 Å². The van der Waals surface area contributed by atoms with Crippen molar-refractivity contribution < 1.29 is 10.2 Å². The lowest BCUT2D eigenvalue weighted by molar-refractivity contribution is 0.131. The molecule has 0 aromatic rings. The Balaban J connectivity index is 2.92. The zero-order chi connectivity index (χ0) is 6.41. The zero-order valence-corrected chi connectivity index (χ0v) is 5.52. The van der Waals surface area contributed by atoms with Crippen LogP contribution < -0.4 is 0 Å². The lowest BCUT2D eigenvalue weighted by Crippen LogP contribution is -2.08. The molecule has 1 unspecified atom stereocenters. The Morgan fingerprint density at radius 3 is 2.38 bits per heavy atom. The maximum absolute atomic E-state index is 8.82. The van der Waals surface area contributed by atoms with Crippen molar-refractivity contribution in [1.82, 2.24) is 0 Å². The van der Waals surface area contributed by atoms with Crippen LogP contribution in [0.3, 0.4) is 0 Å². The second-order valence-corrected chi connectivity index (χ2v) is 2.07. The number of aliphatic hydroxyl groups excluding tert-OH is 2. The SMILES string of the molecule is OCCC(O)CC[S]. The van der Waals surface area contributed by atoms with E-state index in [1.807, 2.05) is 0 Å². The minimum atomic E-state index is -0.391. The van der Waals surface area contributed by atoms with Crippen molar-refractivity contribution in [2.45, 2.75) is 18.9 Å². The average Bonchev–Trinajstić information content (AvgIpc) is 1.68. The molecule has 0 aliphatic heterocycles. The van der Waals surface area contributed by atoms with Gasteiger partial charge in [0, 0.05) is 12.4 Å². The first-order valence-corrected chi connectivity index (χ1v) is 3.26. The van der Waals surface area contributed by atoms with Gasteiger partial charge in [-0.3, -0.25) is 0 Å². The fraction of sp³-hybridized carbons (Fsp3) is 1.00. The molecule has 0 aromatic carbocycles. The van der Waals surface area contributed by atoms with Crippen molar-refractivity contribution in [3.8, 4) is 0 Å². The third kappa shape index (κ3) is 4.43. The Bertz CT molecular complexity index is 43.7. The van der Waals surface area contributed by atoms with E-state index in [2.05, 4.69) is 12.6 Å². The zero-order valence-electron chi connectivity index (χ0n) is 4.71. The van der Waals surface area contributed by atoms with Gasteiger partial charge in [-0.1, -0.05) is 12.6 Å². The summed E-state index contributed by atoms with van der Waals surface area (Å²) in [5.74, 6) is 0.571. The monoisotopic (exact) mass is 135 g/mol. The molecule has 2 N–H and O–H groups in total. The molecular weight excluding hydrogens is 124 g/mol. The van der Waals surface area contributed by atoms with Crippen LogP contribution in [-0.2, 0) is 0 Å². The van der Waals surface area contributed by atoms with E-state index in [9.17, 15) is 0 Å². The third-order valence-electron chi connectivity index (χ3n) is 0.913. The standard InChI is InChI=1S/C5H11O2S/c6-3-1-5(7)2-4-8/h5-7H,1-4H2. The van der Waals surface area contributed by atoms with Gasteiger partial charge in [-0.25, -0.2) is 0 Å². The van der Waals surface area contributed by atoms with Gasteiger partial charge in [0.05, 0.1) is 6.10 Å². The molecule has 8 heavy (non-hydrogen) atoms. The van der Waals surface area contributed by atoms with Crippen LogP contribution in [0, 0.1) is 0 Å². The Labute approximate surface area is 54.9 Å². The first-order valence-electron chi connectivity index (χ1n) is 2.68. The molecule has 0 bridgehead atoms. The molecule has 3 heteroatoms. The van der Waals surface area contributed by atoms with Crippen LogP contribution in [0.15, 0.2) is 0 Å². The summed E-state index contributed by atoms with van der Waals surface area (Å²) in [5, 5.41) is 17.1. The number of hydrogen-bond acceptors (Lipinski definition) is 2. The Morgan fingerprint density at radius 1 is 1.38 bits per heavy atom. The van der Waals surface area contributed by atoms with Crippen LogP contribution in [0.5, 0.6) is 0 Å². The summed E-state index contributed by atoms with van der Waals surface area (Å²) in [7, 11) is 0. The molecule has 49 valence electrons. The van der Waals surface area contributed by atoms with Crippen molar-refractivity contribution in [2.75, 3.05) is 12.4 Å². The van der Waals surface area contributed by atoms with Crippen molar-refractivity contribution in [3.63, 3.8) is 0 Å². The molecule has 2 nitrogen and oxygen atoms in total. The van der Waals surface area contributed by atoms with E-state index in [4.69, 9.17) is 10.2 Å². The van der Waals surface area contributed by atoms with Gasteiger partial charge in [0.25, 0.3) is 0 Å². The largest absolute Gasteiger partial charge is 0.396 e. The molecule has 0 aliphatic rings. The smallest absolute Gasteiger partial charge is 0.0570 e. The molecule has 0 saturated heterocycles. The molecular formula is C5H11O2S. The summed E-state index contributed by atoms with van der Waals surface area (Å²) >= 11 is 4.60. The predicted octanol–water partition coefficient (Wildman–Crippen LogP) is 0.317. The summed E-state index contributed by atoms with van der Waals surface area (Å²) < 4.78 is 0. The van der Waals surface area contributed by atoms with E-state index < -0.39 is 6.10 Å². The quantitative estimate of drug-likeness (QED) is 0.582. The molecule has 0 rings (SSSR count). The van der Waals surface area contributed by atoms with E-state index in [0.29, 0.717) is 18.6 Å². The normalized spacial score (nSPS) is 13.9. The van der Waals surface area contributed by atoms with Gasteiger partial charge in [-0.2, -0.15) is 0 Å². The van der Waals surface area contributed by atoms with Gasteiger partial charge < -0.3 is 10.2 Å². The minimum absolute atomic E-state index is 0.0521. The average molecular weight is 135 g/mol. The highest BCUT2D eigenvalue weighted by molar-refractivity contribution is 7.80. The summed E-state index contributed by atoms with van der Waals surface area (Å²) in [6.45, 7) is 0.0521. The molecule has 0 spiro atoms. The molecule has 0 saturated carbocycles. The number of hydrogen-bond donors (Lipinski definition) is 2. The van der Waals surface area contributed by atoms with Crippen LogP contribution in [0.4, 0.5) is 0 Å². The van der Waals surface area contributed by atoms with Gasteiger partial charge in [0.1, 0.15) is 0 Å². The van der Waals surface area contributed by atoms with Crippen LogP contribution in [-0.4, -0.2) is 28.7 Å². The Morgan fingerprint density at radius 2 is 2.00 bits per heavy atom. The van der Waals surface area contributed by atoms with Gasteiger partial charge in [-0.15, -0.1) is 0 Å². The number of rotatable bonds is 4. The highest BCUT2D eigenvalue weighted by Gasteiger charge is 1.99. The molecule has 0 heterocycles. The molecule has 0 aromatic heterocycles. The summed E-state index contributed by atoms with van der Waals surface area (Å²) in [6.07, 6.45) is 0.685. The lowest BCUT2D eigenvalue weighted by Gasteiger charge is -2.03. The van der Waals surface area contributed by atoms with Crippen molar-refractivity contribution in [1.29, 1.82) is 0 Å². The van der Waals surface area contributed by atoms with E-state index in [-0.39, 0.29) is 6.61 Å². The second-order valence-electron chi connectivity index (χ2n) is 1.66. The van der Waals surface area contributed by atoms with Crippen molar-refractivity contribution >= 4 is 12.6 Å². The van der Waals surface area contributed by atoms with Crippen LogP contribution in [0.1, 0.15) is 12.8 Å². The molecule has 1 atom stereocenters. The van der Waals surface area contributed by atoms with E-state index in [1.54, 1.807) is 0 Å². The van der Waals surface area contributed by atoms with Gasteiger partial charge >= 0.3 is 0 Å². The van der Waals surface area contributed by atoms with Crippen LogP contribution in [0.25, 0.3) is 0 Å². The first-order chi connectivity index (χ1) is 3.81. The minimum Gasteiger partial charge on any atom is -0.396 e. The summed E-state index contributed by atoms with van der Waals surface area (Å²) in [5.41, 5.74) is 0. The maximum atomic E-state index is 8.82. The topological polar surface area (TPSA) is 40.5 Å². The Kier molecular flexibility index (Phi) is 5.59. The highest BCUT2D eigenvalue weighted by atomic mass is 32.1. The number of aliphatic hydroxyl groups is 2. The maximum Gasteiger partial charge on any atom is 0.0570 e. The fourth-order valence-corrected chi connectivity index (χ4v) is 0.701. The lowest BCUT2D eigenvalue weighted by atomic mass is 10.2. The predicted molar refractivity (Wildman–Crippen MR) is 34.8 cm³/mol.